The third kappa shape index (κ3) is 5.73. The highest BCUT2D eigenvalue weighted by molar-refractivity contribution is 5.78. The maximum Gasteiger partial charge on any atom is 0.295 e. The van der Waals surface area contributed by atoms with Crippen LogP contribution in [0.5, 0.6) is 0 Å². The fourth-order valence-electron chi connectivity index (χ4n) is 3.85. The van der Waals surface area contributed by atoms with Gasteiger partial charge in [0.05, 0.1) is 0 Å². The molecular formula is C22H35N3O. The maximum atomic E-state index is 5.91. The molecule has 2 aromatic rings. The van der Waals surface area contributed by atoms with Crippen molar-refractivity contribution >= 4 is 17.1 Å². The molecule has 2 N–H and O–H groups in total. The third-order valence-corrected chi connectivity index (χ3v) is 5.51. The van der Waals surface area contributed by atoms with Crippen molar-refractivity contribution in [2.75, 3.05) is 25.0 Å². The standard InChI is InChI=1S/C22H35N3O/c1-2-3-4-5-6-7-8-9-11-19-12-10-13-20-21(19)25-22(26-20)24-17-18-14-15-23-16-18/h10,12-13,18,23H,2-9,11,14-17H2,1H3,(H,24,25)/t18-/m1/s1. The predicted octanol–water partition coefficient (Wildman–Crippen LogP) is 5.53. The fraction of sp³-hybridized carbons (Fsp3) is 0.682. The van der Waals surface area contributed by atoms with Gasteiger partial charge in [-0.05, 0) is 49.9 Å². The van der Waals surface area contributed by atoms with E-state index in [2.05, 4.69) is 29.7 Å². The summed E-state index contributed by atoms with van der Waals surface area (Å²) in [7, 11) is 0. The van der Waals surface area contributed by atoms with E-state index in [1.807, 2.05) is 6.07 Å². The van der Waals surface area contributed by atoms with Crippen molar-refractivity contribution in [3.63, 3.8) is 0 Å². The zero-order valence-electron chi connectivity index (χ0n) is 16.4. The maximum absolute atomic E-state index is 5.91. The van der Waals surface area contributed by atoms with Crippen molar-refractivity contribution in [2.45, 2.75) is 71.1 Å². The van der Waals surface area contributed by atoms with E-state index >= 15 is 0 Å². The SMILES string of the molecule is CCCCCCCCCCc1cccc2oc(NC[C@@H]3CCNC3)nc12. The minimum atomic E-state index is 0.676. The molecule has 1 aliphatic rings. The van der Waals surface area contributed by atoms with Gasteiger partial charge in [0.1, 0.15) is 5.52 Å². The van der Waals surface area contributed by atoms with Crippen molar-refractivity contribution in [3.05, 3.63) is 23.8 Å². The first-order chi connectivity index (χ1) is 12.9. The van der Waals surface area contributed by atoms with Gasteiger partial charge in [0.25, 0.3) is 6.01 Å². The lowest BCUT2D eigenvalue weighted by Gasteiger charge is -2.07. The van der Waals surface area contributed by atoms with Crippen LogP contribution >= 0.6 is 0 Å². The van der Waals surface area contributed by atoms with E-state index < -0.39 is 0 Å². The van der Waals surface area contributed by atoms with Gasteiger partial charge in [0, 0.05) is 6.54 Å². The zero-order chi connectivity index (χ0) is 18.0. The van der Waals surface area contributed by atoms with E-state index in [0.29, 0.717) is 11.9 Å². The largest absolute Gasteiger partial charge is 0.424 e. The Hall–Kier alpha value is -1.55. The highest BCUT2D eigenvalue weighted by atomic mass is 16.4. The Kier molecular flexibility index (Phi) is 7.81. The Labute approximate surface area is 158 Å². The van der Waals surface area contributed by atoms with Gasteiger partial charge in [-0.3, -0.25) is 0 Å². The number of anilines is 1. The molecule has 1 fully saturated rings. The topological polar surface area (TPSA) is 50.1 Å². The summed E-state index contributed by atoms with van der Waals surface area (Å²) in [6.45, 7) is 5.43. The van der Waals surface area contributed by atoms with Gasteiger partial charge < -0.3 is 15.1 Å². The Morgan fingerprint density at radius 1 is 1.12 bits per heavy atom. The summed E-state index contributed by atoms with van der Waals surface area (Å²) >= 11 is 0. The summed E-state index contributed by atoms with van der Waals surface area (Å²) in [5.74, 6) is 0.682. The summed E-state index contributed by atoms with van der Waals surface area (Å²) in [5.41, 5.74) is 3.28. The van der Waals surface area contributed by atoms with E-state index in [1.54, 1.807) is 0 Å². The monoisotopic (exact) mass is 357 g/mol. The molecule has 0 aliphatic carbocycles. The molecule has 1 aromatic heterocycles. The zero-order valence-corrected chi connectivity index (χ0v) is 16.4. The number of fused-ring (bicyclic) bond motifs is 1. The van der Waals surface area contributed by atoms with Crippen LogP contribution in [0.3, 0.4) is 0 Å². The second kappa shape index (κ2) is 10.6. The summed E-state index contributed by atoms with van der Waals surface area (Å²) in [6, 6.07) is 7.01. The molecule has 144 valence electrons. The van der Waals surface area contributed by atoms with Crippen LogP contribution in [0.4, 0.5) is 6.01 Å². The van der Waals surface area contributed by atoms with Gasteiger partial charge in [-0.25, -0.2) is 0 Å². The molecule has 0 saturated carbocycles. The number of nitrogens with zero attached hydrogens (tertiary/aromatic N) is 1. The van der Waals surface area contributed by atoms with Crippen molar-refractivity contribution in [3.8, 4) is 0 Å². The Morgan fingerprint density at radius 3 is 2.69 bits per heavy atom. The summed E-state index contributed by atoms with van der Waals surface area (Å²) in [4.78, 5) is 4.72. The number of oxazole rings is 1. The van der Waals surface area contributed by atoms with Crippen LogP contribution in [-0.2, 0) is 6.42 Å². The average Bonchev–Trinajstić information content (AvgIpc) is 3.31. The van der Waals surface area contributed by atoms with Gasteiger partial charge in [0.15, 0.2) is 5.58 Å². The lowest BCUT2D eigenvalue weighted by atomic mass is 10.0. The van der Waals surface area contributed by atoms with Crippen molar-refractivity contribution in [1.29, 1.82) is 0 Å². The molecule has 4 nitrogen and oxygen atoms in total. The van der Waals surface area contributed by atoms with Gasteiger partial charge in [-0.15, -0.1) is 0 Å². The number of benzene rings is 1. The third-order valence-electron chi connectivity index (χ3n) is 5.51. The number of unbranched alkanes of at least 4 members (excludes halogenated alkanes) is 7. The molecule has 2 heterocycles. The van der Waals surface area contributed by atoms with Crippen molar-refractivity contribution < 1.29 is 4.42 Å². The Balaban J connectivity index is 1.44. The average molecular weight is 358 g/mol. The molecule has 1 atom stereocenters. The molecule has 0 bridgehead atoms. The van der Waals surface area contributed by atoms with Crippen molar-refractivity contribution in [1.82, 2.24) is 10.3 Å². The highest BCUT2D eigenvalue weighted by Gasteiger charge is 2.15. The molecule has 0 spiro atoms. The highest BCUT2D eigenvalue weighted by Crippen LogP contribution is 2.24. The molecule has 26 heavy (non-hydrogen) atoms. The van der Waals surface area contributed by atoms with Crippen LogP contribution in [0, 0.1) is 5.92 Å². The smallest absolute Gasteiger partial charge is 0.295 e. The quantitative estimate of drug-likeness (QED) is 0.490. The first-order valence-corrected chi connectivity index (χ1v) is 10.7. The lowest BCUT2D eigenvalue weighted by molar-refractivity contribution is 0.574. The molecule has 0 radical (unpaired) electrons. The van der Waals surface area contributed by atoms with E-state index in [-0.39, 0.29) is 0 Å². The van der Waals surface area contributed by atoms with Crippen LogP contribution in [0.15, 0.2) is 22.6 Å². The number of aromatic nitrogens is 1. The molecule has 1 aliphatic heterocycles. The summed E-state index contributed by atoms with van der Waals surface area (Å²) in [5, 5.41) is 6.79. The fourth-order valence-corrected chi connectivity index (χ4v) is 3.85. The van der Waals surface area contributed by atoms with Crippen LogP contribution < -0.4 is 10.6 Å². The van der Waals surface area contributed by atoms with Crippen LogP contribution in [0.1, 0.15) is 70.3 Å². The molecule has 0 amide bonds. The summed E-state index contributed by atoms with van der Waals surface area (Å²) < 4.78 is 5.91. The summed E-state index contributed by atoms with van der Waals surface area (Å²) in [6.07, 6.45) is 13.2. The lowest BCUT2D eigenvalue weighted by Crippen LogP contribution is -2.17. The Bertz CT molecular complexity index is 646. The number of para-hydroxylation sites is 1. The van der Waals surface area contributed by atoms with Crippen LogP contribution in [-0.4, -0.2) is 24.6 Å². The van der Waals surface area contributed by atoms with Gasteiger partial charge in [-0.2, -0.15) is 4.98 Å². The number of nitrogens with one attached hydrogen (secondary N) is 2. The molecule has 0 unspecified atom stereocenters. The normalized spacial score (nSPS) is 17.2. The second-order valence-electron chi connectivity index (χ2n) is 7.75. The van der Waals surface area contributed by atoms with Gasteiger partial charge in [0.2, 0.25) is 0 Å². The first kappa shape index (κ1) is 19.2. The minimum absolute atomic E-state index is 0.676. The molecule has 4 heteroatoms. The number of rotatable bonds is 12. The molecule has 1 saturated heterocycles. The molecular weight excluding hydrogens is 322 g/mol. The molecule has 3 rings (SSSR count). The van der Waals surface area contributed by atoms with Gasteiger partial charge >= 0.3 is 0 Å². The van der Waals surface area contributed by atoms with Crippen LogP contribution in [0.2, 0.25) is 0 Å². The minimum Gasteiger partial charge on any atom is -0.424 e. The van der Waals surface area contributed by atoms with Crippen molar-refractivity contribution in [2.24, 2.45) is 5.92 Å². The first-order valence-electron chi connectivity index (χ1n) is 10.7. The number of hydrogen-bond donors (Lipinski definition) is 2. The molecule has 1 aromatic carbocycles. The van der Waals surface area contributed by atoms with E-state index in [9.17, 15) is 0 Å². The number of aryl methyl sites for hydroxylation is 1. The van der Waals surface area contributed by atoms with Crippen LogP contribution in [0.25, 0.3) is 11.1 Å². The second-order valence-corrected chi connectivity index (χ2v) is 7.75. The van der Waals surface area contributed by atoms with Gasteiger partial charge in [-0.1, -0.05) is 64.0 Å². The van der Waals surface area contributed by atoms with E-state index in [4.69, 9.17) is 9.40 Å². The van der Waals surface area contributed by atoms with E-state index in [1.165, 1.54) is 63.4 Å². The predicted molar refractivity (Wildman–Crippen MR) is 110 cm³/mol. The Morgan fingerprint density at radius 2 is 1.92 bits per heavy atom. The van der Waals surface area contributed by atoms with E-state index in [0.717, 1.165) is 37.2 Å². The number of hydrogen-bond acceptors (Lipinski definition) is 4.